The van der Waals surface area contributed by atoms with Crippen LogP contribution in [-0.4, -0.2) is 12.1 Å². The summed E-state index contributed by atoms with van der Waals surface area (Å²) in [4.78, 5) is 13.8. The highest BCUT2D eigenvalue weighted by molar-refractivity contribution is 9.10. The molecule has 0 fully saturated rings. The Morgan fingerprint density at radius 2 is 1.93 bits per heavy atom. The Labute approximate surface area is 171 Å². The second kappa shape index (κ2) is 9.48. The van der Waals surface area contributed by atoms with E-state index < -0.39 is 0 Å². The molecule has 1 amide bonds. The molecule has 1 heterocycles. The molecule has 0 aliphatic heterocycles. The number of hydrogen-bond acceptors (Lipinski definition) is 4. The summed E-state index contributed by atoms with van der Waals surface area (Å²) in [5, 5.41) is 6.09. The average molecular weight is 443 g/mol. The molecule has 0 saturated heterocycles. The van der Waals surface area contributed by atoms with Crippen LogP contribution in [0.1, 0.15) is 33.3 Å². The largest absolute Gasteiger partial charge is 0.488 e. The smallest absolute Gasteiger partial charge is 0.275 e. The lowest BCUT2D eigenvalue weighted by Crippen LogP contribution is -2.18. The third-order valence-corrected chi connectivity index (χ3v) is 6.23. The van der Waals surface area contributed by atoms with Gasteiger partial charge in [-0.1, -0.05) is 49.4 Å². The van der Waals surface area contributed by atoms with Gasteiger partial charge in [0.2, 0.25) is 0 Å². The van der Waals surface area contributed by atoms with Crippen molar-refractivity contribution in [2.45, 2.75) is 20.0 Å². The van der Waals surface area contributed by atoms with E-state index >= 15 is 0 Å². The van der Waals surface area contributed by atoms with Gasteiger partial charge in [0.05, 0.1) is 11.8 Å². The van der Waals surface area contributed by atoms with Crippen LogP contribution >= 0.6 is 27.3 Å². The number of aryl methyl sites for hydroxylation is 1. The van der Waals surface area contributed by atoms with Crippen molar-refractivity contribution in [1.82, 2.24) is 5.43 Å². The predicted molar refractivity (Wildman–Crippen MR) is 114 cm³/mol. The number of benzene rings is 2. The minimum absolute atomic E-state index is 0.308. The number of hydrogen-bond donors (Lipinski definition) is 1. The molecular weight excluding hydrogens is 424 g/mol. The average Bonchev–Trinajstić information content (AvgIpc) is 3.07. The van der Waals surface area contributed by atoms with Gasteiger partial charge in [0.1, 0.15) is 12.4 Å². The molecule has 6 heteroatoms. The number of nitrogens with one attached hydrogen (secondary N) is 1. The van der Waals surface area contributed by atoms with Gasteiger partial charge in [-0.05, 0) is 40.0 Å². The van der Waals surface area contributed by atoms with Crippen molar-refractivity contribution < 1.29 is 9.53 Å². The Balaban J connectivity index is 1.66. The number of carbonyl (C=O) groups excluding carboxylic acids is 1. The van der Waals surface area contributed by atoms with Crippen LogP contribution in [0.15, 0.2) is 69.6 Å². The van der Waals surface area contributed by atoms with E-state index in [0.29, 0.717) is 17.9 Å². The summed E-state index contributed by atoms with van der Waals surface area (Å²) in [6, 6.07) is 17.0. The van der Waals surface area contributed by atoms with Crippen molar-refractivity contribution in [2.75, 3.05) is 0 Å². The van der Waals surface area contributed by atoms with Crippen LogP contribution in [0.3, 0.4) is 0 Å². The zero-order valence-electron chi connectivity index (χ0n) is 14.8. The van der Waals surface area contributed by atoms with Crippen LogP contribution in [-0.2, 0) is 13.0 Å². The lowest BCUT2D eigenvalue weighted by atomic mass is 10.2. The van der Waals surface area contributed by atoms with Gasteiger partial charge in [-0.25, -0.2) is 5.43 Å². The highest BCUT2D eigenvalue weighted by Gasteiger charge is 2.12. The summed E-state index contributed by atoms with van der Waals surface area (Å²) in [6.45, 7) is 2.50. The Kier molecular flexibility index (Phi) is 6.79. The van der Waals surface area contributed by atoms with E-state index in [1.807, 2.05) is 41.8 Å². The lowest BCUT2D eigenvalue weighted by Gasteiger charge is -2.10. The van der Waals surface area contributed by atoms with E-state index in [1.165, 1.54) is 4.88 Å². The monoisotopic (exact) mass is 442 g/mol. The van der Waals surface area contributed by atoms with Crippen LogP contribution in [0.25, 0.3) is 0 Å². The molecule has 4 nitrogen and oxygen atoms in total. The molecule has 0 saturated carbocycles. The normalized spacial score (nSPS) is 10.9. The van der Waals surface area contributed by atoms with Gasteiger partial charge in [-0.2, -0.15) is 5.10 Å². The number of rotatable bonds is 7. The van der Waals surface area contributed by atoms with Gasteiger partial charge >= 0.3 is 0 Å². The number of ether oxygens (including phenoxy) is 1. The lowest BCUT2D eigenvalue weighted by molar-refractivity contribution is 0.0950. The summed E-state index contributed by atoms with van der Waals surface area (Å²) in [6.07, 6.45) is 2.60. The fraction of sp³-hybridized carbons (Fsp3) is 0.143. The van der Waals surface area contributed by atoms with E-state index in [-0.39, 0.29) is 5.91 Å². The van der Waals surface area contributed by atoms with E-state index in [1.54, 1.807) is 35.8 Å². The molecule has 0 radical (unpaired) electrons. The third-order valence-electron chi connectivity index (χ3n) is 3.89. The van der Waals surface area contributed by atoms with Crippen molar-refractivity contribution in [3.8, 4) is 5.75 Å². The molecule has 3 rings (SSSR count). The van der Waals surface area contributed by atoms with Crippen molar-refractivity contribution in [1.29, 1.82) is 0 Å². The first-order valence-corrected chi connectivity index (χ1v) is 10.2. The van der Waals surface area contributed by atoms with E-state index in [2.05, 4.69) is 33.4 Å². The second-order valence-corrected chi connectivity index (χ2v) is 7.51. The summed E-state index contributed by atoms with van der Waals surface area (Å²) >= 11 is 5.23. The maximum Gasteiger partial charge on any atom is 0.275 e. The van der Waals surface area contributed by atoms with Crippen LogP contribution < -0.4 is 10.2 Å². The Morgan fingerprint density at radius 3 is 2.67 bits per heavy atom. The van der Waals surface area contributed by atoms with Crippen molar-refractivity contribution >= 4 is 39.4 Å². The number of nitrogens with zero attached hydrogens (tertiary/aromatic N) is 1. The fourth-order valence-electron chi connectivity index (χ4n) is 2.46. The summed E-state index contributed by atoms with van der Waals surface area (Å²) < 4.78 is 6.85. The van der Waals surface area contributed by atoms with Crippen LogP contribution in [0, 0.1) is 0 Å². The number of amides is 1. The quantitative estimate of drug-likeness (QED) is 0.392. The molecule has 1 N–H and O–H groups in total. The second-order valence-electron chi connectivity index (χ2n) is 5.75. The molecule has 138 valence electrons. The minimum Gasteiger partial charge on any atom is -0.488 e. The number of hydrazone groups is 1. The maximum atomic E-state index is 12.5. The highest BCUT2D eigenvalue weighted by Crippen LogP contribution is 2.27. The third kappa shape index (κ3) is 5.05. The van der Waals surface area contributed by atoms with Gasteiger partial charge in [0, 0.05) is 20.3 Å². The molecule has 0 bridgehead atoms. The first-order chi connectivity index (χ1) is 13.2. The number of thiophene rings is 1. The molecule has 0 unspecified atom stereocenters. The maximum absolute atomic E-state index is 12.5. The molecule has 3 aromatic rings. The first-order valence-electron chi connectivity index (χ1n) is 8.54. The Morgan fingerprint density at radius 1 is 1.19 bits per heavy atom. The van der Waals surface area contributed by atoms with E-state index in [0.717, 1.165) is 22.0 Å². The summed E-state index contributed by atoms with van der Waals surface area (Å²) in [5.74, 6) is 0.219. The minimum atomic E-state index is -0.308. The highest BCUT2D eigenvalue weighted by atomic mass is 79.9. The van der Waals surface area contributed by atoms with Crippen molar-refractivity contribution in [2.24, 2.45) is 5.10 Å². The summed E-state index contributed by atoms with van der Waals surface area (Å²) in [5.41, 5.74) is 5.01. The topological polar surface area (TPSA) is 50.7 Å². The summed E-state index contributed by atoms with van der Waals surface area (Å²) in [7, 11) is 0. The zero-order valence-corrected chi connectivity index (χ0v) is 17.2. The van der Waals surface area contributed by atoms with Gasteiger partial charge in [0.25, 0.3) is 5.91 Å². The van der Waals surface area contributed by atoms with Gasteiger partial charge in [-0.3, -0.25) is 4.79 Å². The molecule has 1 aromatic heterocycles. The first kappa shape index (κ1) is 19.3. The van der Waals surface area contributed by atoms with Gasteiger partial charge in [-0.15, -0.1) is 11.3 Å². The van der Waals surface area contributed by atoms with E-state index in [9.17, 15) is 4.79 Å². The molecule has 2 aromatic carbocycles. The SMILES string of the molecule is CCc1scc(/C=N/NC(=O)c2ccccc2OCc2ccccc2)c1Br. The molecule has 0 aliphatic carbocycles. The molecule has 0 atom stereocenters. The molecule has 27 heavy (non-hydrogen) atoms. The Hall–Kier alpha value is -2.44. The van der Waals surface area contributed by atoms with Gasteiger partial charge < -0.3 is 4.74 Å². The van der Waals surface area contributed by atoms with E-state index in [4.69, 9.17) is 4.74 Å². The van der Waals surface area contributed by atoms with Crippen LogP contribution in [0.4, 0.5) is 0 Å². The van der Waals surface area contributed by atoms with Crippen LogP contribution in [0.2, 0.25) is 0 Å². The zero-order chi connectivity index (χ0) is 19.1. The predicted octanol–water partition coefficient (Wildman–Crippen LogP) is 5.42. The van der Waals surface area contributed by atoms with Crippen molar-refractivity contribution in [3.63, 3.8) is 0 Å². The molecule has 0 spiro atoms. The Bertz CT molecular complexity index is 938. The van der Waals surface area contributed by atoms with Crippen LogP contribution in [0.5, 0.6) is 5.75 Å². The molecule has 0 aliphatic rings. The number of halogens is 1. The molecular formula is C21H19BrN2O2S. The number of para-hydroxylation sites is 1. The number of carbonyl (C=O) groups is 1. The standard InChI is InChI=1S/C21H19BrN2O2S/c1-2-19-20(22)16(14-27-19)12-23-24-21(25)17-10-6-7-11-18(17)26-13-15-8-4-3-5-9-15/h3-12,14H,2,13H2,1H3,(H,24,25)/b23-12+. The fourth-order valence-corrected chi connectivity index (χ4v) is 4.23. The van der Waals surface area contributed by atoms with Gasteiger partial charge in [0.15, 0.2) is 0 Å². The van der Waals surface area contributed by atoms with Crippen molar-refractivity contribution in [3.05, 3.63) is 86.0 Å².